The third-order valence-corrected chi connectivity index (χ3v) is 6.23. The standard InChI is InChI=1S/C24H31ClN2O5.2C2HF3O2/c25-21-8-6-20(7-9-21)24(19-4-2-1-3-5-19)27-12-10-26(11-13-27)14-15-31-18-23(30)32-17-22(29)16-28;2*3-2(4,5)1(6)7/h1-9,22,24,28-29H,10-18H2;2*(H,6,7). The van der Waals surface area contributed by atoms with Crippen molar-refractivity contribution in [3.63, 3.8) is 0 Å². The molecule has 0 aromatic heterocycles. The number of carboxylic acids is 2. The van der Waals surface area contributed by atoms with E-state index in [1.807, 2.05) is 18.2 Å². The summed E-state index contributed by atoms with van der Waals surface area (Å²) in [5.41, 5.74) is 2.48. The second-order valence-corrected chi connectivity index (χ2v) is 9.86. The Morgan fingerprint density at radius 1 is 0.826 bits per heavy atom. The number of carbonyl (C=O) groups is 3. The SMILES string of the molecule is O=C(COCCN1CCN(C(c2ccccc2)c2ccc(Cl)cc2)CC1)OCC(O)CO.O=C(O)C(F)(F)F.O=C(O)C(F)(F)F. The second-order valence-electron chi connectivity index (χ2n) is 9.42. The Bertz CT molecular complexity index is 1170. The molecule has 258 valence electrons. The molecule has 4 N–H and O–H groups in total. The third-order valence-electron chi connectivity index (χ3n) is 5.98. The number of aliphatic hydroxyl groups is 2. The Hall–Kier alpha value is -3.48. The van der Waals surface area contributed by atoms with Crippen molar-refractivity contribution in [2.24, 2.45) is 0 Å². The number of halogens is 7. The Morgan fingerprint density at radius 3 is 1.76 bits per heavy atom. The number of benzene rings is 2. The molecule has 2 aromatic carbocycles. The van der Waals surface area contributed by atoms with Gasteiger partial charge in [-0.15, -0.1) is 0 Å². The molecule has 1 aliphatic heterocycles. The normalized spacial score (nSPS) is 15.3. The van der Waals surface area contributed by atoms with Crippen LogP contribution in [0, 0.1) is 0 Å². The molecule has 0 amide bonds. The highest BCUT2D eigenvalue weighted by Crippen LogP contribution is 2.30. The topological polar surface area (TPSA) is 157 Å². The molecule has 0 aliphatic carbocycles. The number of piperazine rings is 1. The van der Waals surface area contributed by atoms with E-state index in [9.17, 15) is 36.2 Å². The minimum Gasteiger partial charge on any atom is -0.475 e. The van der Waals surface area contributed by atoms with E-state index in [0.29, 0.717) is 6.61 Å². The van der Waals surface area contributed by atoms with Gasteiger partial charge in [-0.2, -0.15) is 26.3 Å². The average molecular weight is 691 g/mol. The van der Waals surface area contributed by atoms with Gasteiger partial charge in [0.05, 0.1) is 19.3 Å². The van der Waals surface area contributed by atoms with Crippen LogP contribution in [-0.2, 0) is 23.9 Å². The van der Waals surface area contributed by atoms with Crippen LogP contribution >= 0.6 is 11.6 Å². The van der Waals surface area contributed by atoms with E-state index in [4.69, 9.17) is 46.0 Å². The van der Waals surface area contributed by atoms with Crippen LogP contribution in [0.15, 0.2) is 54.6 Å². The molecular weight excluding hydrogens is 658 g/mol. The zero-order chi connectivity index (χ0) is 34.9. The molecule has 18 heteroatoms. The first-order chi connectivity index (χ1) is 21.4. The monoisotopic (exact) mass is 690 g/mol. The Balaban J connectivity index is 0.000000629. The number of esters is 1. The fourth-order valence-electron chi connectivity index (χ4n) is 3.77. The molecule has 2 unspecified atom stereocenters. The number of aliphatic hydroxyl groups excluding tert-OH is 2. The maximum atomic E-state index is 11.6. The molecule has 2 aromatic rings. The molecule has 1 saturated heterocycles. The number of alkyl halides is 6. The summed E-state index contributed by atoms with van der Waals surface area (Å²) in [4.78, 5) is 34.2. The fraction of sp³-hybridized carbons (Fsp3) is 0.464. The molecule has 11 nitrogen and oxygen atoms in total. The highest BCUT2D eigenvalue weighted by Gasteiger charge is 2.39. The highest BCUT2D eigenvalue weighted by atomic mass is 35.5. The highest BCUT2D eigenvalue weighted by molar-refractivity contribution is 6.30. The number of hydrogen-bond donors (Lipinski definition) is 4. The minimum absolute atomic E-state index is 0.162. The maximum Gasteiger partial charge on any atom is 0.490 e. The van der Waals surface area contributed by atoms with E-state index in [-0.39, 0.29) is 19.3 Å². The number of rotatable bonds is 11. The van der Waals surface area contributed by atoms with Crippen LogP contribution in [-0.4, -0.2) is 126 Å². The van der Waals surface area contributed by atoms with Crippen molar-refractivity contribution in [3.05, 3.63) is 70.7 Å². The summed E-state index contributed by atoms with van der Waals surface area (Å²) < 4.78 is 73.7. The molecule has 1 heterocycles. The van der Waals surface area contributed by atoms with Crippen LogP contribution in [0.1, 0.15) is 17.2 Å². The van der Waals surface area contributed by atoms with Crippen LogP contribution in [0.4, 0.5) is 26.3 Å². The molecule has 1 aliphatic rings. The second kappa shape index (κ2) is 19.9. The lowest BCUT2D eigenvalue weighted by molar-refractivity contribution is -0.193. The van der Waals surface area contributed by atoms with E-state index in [2.05, 4.69) is 46.2 Å². The van der Waals surface area contributed by atoms with Gasteiger partial charge in [0.25, 0.3) is 0 Å². The summed E-state index contributed by atoms with van der Waals surface area (Å²) >= 11 is 6.10. The van der Waals surface area contributed by atoms with Crippen molar-refractivity contribution >= 4 is 29.5 Å². The number of aliphatic carboxylic acids is 2. The van der Waals surface area contributed by atoms with Gasteiger partial charge in [-0.25, -0.2) is 14.4 Å². The Kier molecular flexibility index (Phi) is 17.5. The van der Waals surface area contributed by atoms with Gasteiger partial charge < -0.3 is 29.9 Å². The Morgan fingerprint density at radius 2 is 1.30 bits per heavy atom. The predicted octanol–water partition coefficient (Wildman–Crippen LogP) is 3.23. The molecule has 1 fully saturated rings. The predicted molar refractivity (Wildman–Crippen MR) is 150 cm³/mol. The summed E-state index contributed by atoms with van der Waals surface area (Å²) in [6.07, 6.45) is -11.2. The largest absolute Gasteiger partial charge is 0.490 e. The lowest BCUT2D eigenvalue weighted by atomic mass is 9.96. The van der Waals surface area contributed by atoms with Crippen molar-refractivity contribution in [1.82, 2.24) is 9.80 Å². The van der Waals surface area contributed by atoms with Crippen LogP contribution in [0.3, 0.4) is 0 Å². The molecule has 0 saturated carbocycles. The van der Waals surface area contributed by atoms with Gasteiger partial charge in [0.1, 0.15) is 19.3 Å². The van der Waals surface area contributed by atoms with Gasteiger partial charge in [0.15, 0.2) is 0 Å². The van der Waals surface area contributed by atoms with Gasteiger partial charge >= 0.3 is 30.3 Å². The van der Waals surface area contributed by atoms with Gasteiger partial charge in [0.2, 0.25) is 0 Å². The van der Waals surface area contributed by atoms with E-state index in [0.717, 1.165) is 37.7 Å². The van der Waals surface area contributed by atoms with E-state index in [1.165, 1.54) is 11.1 Å². The van der Waals surface area contributed by atoms with Crippen molar-refractivity contribution in [3.8, 4) is 0 Å². The first kappa shape index (κ1) is 40.5. The van der Waals surface area contributed by atoms with E-state index >= 15 is 0 Å². The van der Waals surface area contributed by atoms with Crippen LogP contribution in [0.5, 0.6) is 0 Å². The van der Waals surface area contributed by atoms with Crippen molar-refractivity contribution in [1.29, 1.82) is 0 Å². The van der Waals surface area contributed by atoms with Crippen LogP contribution in [0.2, 0.25) is 5.02 Å². The smallest absolute Gasteiger partial charge is 0.475 e. The molecular formula is C28H33ClF6N2O9. The van der Waals surface area contributed by atoms with Crippen LogP contribution in [0.25, 0.3) is 0 Å². The number of carbonyl (C=O) groups excluding carboxylic acids is 1. The third kappa shape index (κ3) is 16.2. The quantitative estimate of drug-likeness (QED) is 0.156. The number of nitrogens with zero attached hydrogens (tertiary/aromatic N) is 2. The first-order valence-electron chi connectivity index (χ1n) is 13.3. The zero-order valence-corrected chi connectivity index (χ0v) is 24.8. The molecule has 46 heavy (non-hydrogen) atoms. The molecule has 2 atom stereocenters. The van der Waals surface area contributed by atoms with Crippen molar-refractivity contribution in [2.45, 2.75) is 24.5 Å². The lowest BCUT2D eigenvalue weighted by Gasteiger charge is -2.39. The lowest BCUT2D eigenvalue weighted by Crippen LogP contribution is -2.48. The van der Waals surface area contributed by atoms with Crippen molar-refractivity contribution < 1.29 is 70.6 Å². The number of hydrogen-bond acceptors (Lipinski definition) is 9. The van der Waals surface area contributed by atoms with Crippen molar-refractivity contribution in [2.75, 3.05) is 59.2 Å². The minimum atomic E-state index is -5.08. The number of ether oxygens (including phenoxy) is 2. The Labute approximate surface area is 264 Å². The maximum absolute atomic E-state index is 11.6. The summed E-state index contributed by atoms with van der Waals surface area (Å²) in [5, 5.41) is 32.9. The summed E-state index contributed by atoms with van der Waals surface area (Å²) in [6, 6.07) is 18.8. The van der Waals surface area contributed by atoms with Gasteiger partial charge in [-0.05, 0) is 23.3 Å². The average Bonchev–Trinajstić information content (AvgIpc) is 3.00. The summed E-state index contributed by atoms with van der Waals surface area (Å²) in [5.74, 6) is -6.06. The van der Waals surface area contributed by atoms with E-state index in [1.54, 1.807) is 0 Å². The zero-order valence-electron chi connectivity index (χ0n) is 24.1. The van der Waals surface area contributed by atoms with Gasteiger partial charge in [0, 0.05) is 37.7 Å². The molecule has 0 radical (unpaired) electrons. The molecule has 0 spiro atoms. The van der Waals surface area contributed by atoms with Gasteiger partial charge in [-0.1, -0.05) is 54.1 Å². The van der Waals surface area contributed by atoms with Gasteiger partial charge in [-0.3, -0.25) is 9.80 Å². The van der Waals surface area contributed by atoms with E-state index < -0.39 is 43.0 Å². The fourth-order valence-corrected chi connectivity index (χ4v) is 3.90. The molecule has 0 bridgehead atoms. The van der Waals surface area contributed by atoms with Crippen LogP contribution < -0.4 is 0 Å². The number of carboxylic acid groups (broad SMARTS) is 2. The summed E-state index contributed by atoms with van der Waals surface area (Å²) in [6.45, 7) is 3.99. The molecule has 3 rings (SSSR count). The first-order valence-corrected chi connectivity index (χ1v) is 13.7. The summed E-state index contributed by atoms with van der Waals surface area (Å²) in [7, 11) is 0.